The number of allylic oxidation sites excluding steroid dienone is 1. The summed E-state index contributed by atoms with van der Waals surface area (Å²) in [6.07, 6.45) is 5.85. The van der Waals surface area contributed by atoms with Crippen LogP contribution in [0.3, 0.4) is 0 Å². The van der Waals surface area contributed by atoms with E-state index in [2.05, 4.69) is 18.2 Å². The van der Waals surface area contributed by atoms with E-state index in [0.29, 0.717) is 0 Å². The van der Waals surface area contributed by atoms with Gasteiger partial charge in [0.25, 0.3) is 0 Å². The fraction of sp³-hybridized carbons (Fsp3) is 0.429. The second-order valence-electron chi connectivity index (χ2n) is 4.25. The monoisotopic (exact) mass is 217 g/mol. The molecule has 0 heterocycles. The maximum Gasteiger partial charge on any atom is 0.0799 e. The third kappa shape index (κ3) is 2.34. The molecule has 2 rings (SSSR count). The average Bonchev–Trinajstić information content (AvgIpc) is 2.39. The number of nitrogens with two attached hydrogens (primary N) is 1. The fourth-order valence-electron chi connectivity index (χ4n) is 2.30. The molecule has 86 valence electrons. The van der Waals surface area contributed by atoms with E-state index in [9.17, 15) is 0 Å². The Bertz CT molecular complexity index is 358. The highest BCUT2D eigenvalue weighted by atomic mass is 16.5. The zero-order valence-corrected chi connectivity index (χ0v) is 9.73. The third-order valence-corrected chi connectivity index (χ3v) is 3.22. The minimum absolute atomic E-state index is 0.0218. The maximum atomic E-state index is 6.29. The molecule has 0 saturated carbocycles. The van der Waals surface area contributed by atoms with Crippen molar-refractivity contribution in [2.24, 2.45) is 5.73 Å². The van der Waals surface area contributed by atoms with Gasteiger partial charge in [-0.1, -0.05) is 36.4 Å². The molecule has 0 aromatic heterocycles. The first kappa shape index (κ1) is 11.4. The summed E-state index contributed by atoms with van der Waals surface area (Å²) < 4.78 is 5.50. The van der Waals surface area contributed by atoms with Crippen molar-refractivity contribution < 1.29 is 4.74 Å². The number of methoxy groups -OCH3 is 1. The molecule has 0 unspecified atom stereocenters. The average molecular weight is 217 g/mol. The SMILES string of the molecule is CO[C@@H]1CCCC=C1[C@@H](N)c1ccccc1. The van der Waals surface area contributed by atoms with Crippen molar-refractivity contribution in [1.82, 2.24) is 0 Å². The van der Waals surface area contributed by atoms with E-state index < -0.39 is 0 Å². The van der Waals surface area contributed by atoms with Crippen LogP contribution in [-0.2, 0) is 4.74 Å². The molecule has 1 aromatic rings. The van der Waals surface area contributed by atoms with Crippen molar-refractivity contribution in [2.75, 3.05) is 7.11 Å². The topological polar surface area (TPSA) is 35.2 Å². The lowest BCUT2D eigenvalue weighted by atomic mass is 9.88. The van der Waals surface area contributed by atoms with Crippen molar-refractivity contribution in [2.45, 2.75) is 31.4 Å². The van der Waals surface area contributed by atoms with Crippen LogP contribution in [0.4, 0.5) is 0 Å². The Balaban J connectivity index is 2.20. The first-order valence-electron chi connectivity index (χ1n) is 5.86. The van der Waals surface area contributed by atoms with E-state index in [1.54, 1.807) is 7.11 Å². The molecule has 2 nitrogen and oxygen atoms in total. The molecular weight excluding hydrogens is 198 g/mol. The summed E-state index contributed by atoms with van der Waals surface area (Å²) in [4.78, 5) is 0. The van der Waals surface area contributed by atoms with Gasteiger partial charge in [0, 0.05) is 7.11 Å². The number of hydrogen-bond acceptors (Lipinski definition) is 2. The molecule has 0 radical (unpaired) electrons. The van der Waals surface area contributed by atoms with E-state index in [1.807, 2.05) is 18.2 Å². The number of rotatable bonds is 3. The van der Waals surface area contributed by atoms with E-state index in [4.69, 9.17) is 10.5 Å². The molecule has 2 N–H and O–H groups in total. The second-order valence-corrected chi connectivity index (χ2v) is 4.25. The van der Waals surface area contributed by atoms with Crippen LogP contribution < -0.4 is 5.73 Å². The Morgan fingerprint density at radius 3 is 2.75 bits per heavy atom. The number of benzene rings is 1. The van der Waals surface area contributed by atoms with Crippen molar-refractivity contribution in [1.29, 1.82) is 0 Å². The van der Waals surface area contributed by atoms with Gasteiger partial charge in [-0.3, -0.25) is 0 Å². The van der Waals surface area contributed by atoms with Crippen LogP contribution in [0, 0.1) is 0 Å². The van der Waals surface area contributed by atoms with E-state index in [0.717, 1.165) is 18.4 Å². The minimum Gasteiger partial charge on any atom is -0.377 e. The quantitative estimate of drug-likeness (QED) is 0.790. The molecule has 0 fully saturated rings. The second kappa shape index (κ2) is 5.28. The smallest absolute Gasteiger partial charge is 0.0799 e. The van der Waals surface area contributed by atoms with Gasteiger partial charge in [0.1, 0.15) is 0 Å². The molecule has 1 aliphatic carbocycles. The summed E-state index contributed by atoms with van der Waals surface area (Å²) in [5.41, 5.74) is 8.69. The summed E-state index contributed by atoms with van der Waals surface area (Å²) in [6.45, 7) is 0. The van der Waals surface area contributed by atoms with Gasteiger partial charge < -0.3 is 10.5 Å². The highest BCUT2D eigenvalue weighted by Crippen LogP contribution is 2.29. The van der Waals surface area contributed by atoms with Crippen LogP contribution >= 0.6 is 0 Å². The lowest BCUT2D eigenvalue weighted by molar-refractivity contribution is 0.113. The molecule has 1 aliphatic rings. The van der Waals surface area contributed by atoms with Gasteiger partial charge in [0.15, 0.2) is 0 Å². The Kier molecular flexibility index (Phi) is 3.75. The summed E-state index contributed by atoms with van der Waals surface area (Å²) in [7, 11) is 1.77. The zero-order chi connectivity index (χ0) is 11.4. The first-order chi connectivity index (χ1) is 7.83. The highest BCUT2D eigenvalue weighted by Gasteiger charge is 2.23. The predicted molar refractivity (Wildman–Crippen MR) is 66.1 cm³/mol. The molecule has 0 saturated heterocycles. The van der Waals surface area contributed by atoms with Crippen LogP contribution in [0.1, 0.15) is 30.9 Å². The maximum absolute atomic E-state index is 6.29. The van der Waals surface area contributed by atoms with Gasteiger partial charge in [-0.15, -0.1) is 0 Å². The predicted octanol–water partition coefficient (Wildman–Crippen LogP) is 2.81. The molecule has 0 spiro atoms. The van der Waals surface area contributed by atoms with Crippen LogP contribution in [0.25, 0.3) is 0 Å². The van der Waals surface area contributed by atoms with Gasteiger partial charge in [-0.05, 0) is 30.4 Å². The van der Waals surface area contributed by atoms with Crippen molar-refractivity contribution in [3.05, 3.63) is 47.5 Å². The fourth-order valence-corrected chi connectivity index (χ4v) is 2.30. The normalized spacial score (nSPS) is 22.6. The largest absolute Gasteiger partial charge is 0.377 e. The van der Waals surface area contributed by atoms with Gasteiger partial charge >= 0.3 is 0 Å². The molecule has 2 heteroatoms. The molecule has 1 aromatic carbocycles. The van der Waals surface area contributed by atoms with Crippen LogP contribution in [0.2, 0.25) is 0 Å². The zero-order valence-electron chi connectivity index (χ0n) is 9.73. The standard InChI is InChI=1S/C14H19NO/c1-16-13-10-6-5-9-12(13)14(15)11-7-3-2-4-8-11/h2-4,7-9,13-14H,5-6,10,15H2,1H3/t13-,14+/m1/s1. The summed E-state index contributed by atoms with van der Waals surface area (Å²) in [6, 6.07) is 10.2. The van der Waals surface area contributed by atoms with Crippen molar-refractivity contribution in [3.8, 4) is 0 Å². The molecule has 16 heavy (non-hydrogen) atoms. The van der Waals surface area contributed by atoms with Crippen LogP contribution in [-0.4, -0.2) is 13.2 Å². The number of ether oxygens (including phenoxy) is 1. The van der Waals surface area contributed by atoms with E-state index >= 15 is 0 Å². The highest BCUT2D eigenvalue weighted by molar-refractivity contribution is 5.30. The van der Waals surface area contributed by atoms with Gasteiger partial charge in [0.2, 0.25) is 0 Å². The first-order valence-corrected chi connectivity index (χ1v) is 5.86. The molecule has 0 aliphatic heterocycles. The van der Waals surface area contributed by atoms with Crippen molar-refractivity contribution >= 4 is 0 Å². The van der Waals surface area contributed by atoms with Gasteiger partial charge in [0.05, 0.1) is 12.1 Å². The summed E-state index contributed by atoms with van der Waals surface area (Å²) in [5, 5.41) is 0. The molecule has 0 amide bonds. The van der Waals surface area contributed by atoms with Gasteiger partial charge in [-0.2, -0.15) is 0 Å². The Hall–Kier alpha value is -1.12. The Morgan fingerprint density at radius 2 is 2.06 bits per heavy atom. The Labute approximate surface area is 97.1 Å². The third-order valence-electron chi connectivity index (χ3n) is 3.22. The van der Waals surface area contributed by atoms with Crippen LogP contribution in [0.15, 0.2) is 42.0 Å². The van der Waals surface area contributed by atoms with E-state index in [-0.39, 0.29) is 12.1 Å². The lowest BCUT2D eigenvalue weighted by Gasteiger charge is -2.27. The van der Waals surface area contributed by atoms with Crippen molar-refractivity contribution in [3.63, 3.8) is 0 Å². The summed E-state index contributed by atoms with van der Waals surface area (Å²) >= 11 is 0. The molecular formula is C14H19NO. The molecule has 0 bridgehead atoms. The van der Waals surface area contributed by atoms with Crippen LogP contribution in [0.5, 0.6) is 0 Å². The summed E-state index contributed by atoms with van der Waals surface area (Å²) in [5.74, 6) is 0. The van der Waals surface area contributed by atoms with E-state index in [1.165, 1.54) is 12.0 Å². The Morgan fingerprint density at radius 1 is 1.31 bits per heavy atom. The molecule has 2 atom stereocenters. The number of hydrogen-bond donors (Lipinski definition) is 1. The minimum atomic E-state index is -0.0218. The van der Waals surface area contributed by atoms with Gasteiger partial charge in [-0.25, -0.2) is 0 Å². The lowest BCUT2D eigenvalue weighted by Crippen LogP contribution is -2.26.